The van der Waals surface area contributed by atoms with Gasteiger partial charge < -0.3 is 14.9 Å². The number of ether oxygens (including phenoxy) is 1. The minimum absolute atomic E-state index is 0.0741. The third kappa shape index (κ3) is 6.63. The van der Waals surface area contributed by atoms with E-state index >= 15 is 0 Å². The van der Waals surface area contributed by atoms with Gasteiger partial charge in [-0.25, -0.2) is 0 Å². The molecule has 1 saturated heterocycles. The maximum atomic E-state index is 10.9. The van der Waals surface area contributed by atoms with Crippen molar-refractivity contribution >= 4 is 5.97 Å². The Morgan fingerprint density at radius 1 is 0.950 bits per heavy atom. The molecule has 3 aromatic carbocycles. The monoisotopic (exact) mass is 536 g/mol. The van der Waals surface area contributed by atoms with E-state index in [0.29, 0.717) is 25.4 Å². The highest BCUT2D eigenvalue weighted by Crippen LogP contribution is 2.57. The first-order valence-electron chi connectivity index (χ1n) is 14.6. The van der Waals surface area contributed by atoms with Crippen molar-refractivity contribution in [2.45, 2.75) is 62.6 Å². The highest BCUT2D eigenvalue weighted by molar-refractivity contribution is 5.66. The number of unbranched alkanes of at least 4 members (excludes halogenated alkanes) is 1. The van der Waals surface area contributed by atoms with Gasteiger partial charge in [0, 0.05) is 17.8 Å². The number of carboxylic acids is 1. The summed E-state index contributed by atoms with van der Waals surface area (Å²) in [7, 11) is 0. The first-order chi connectivity index (χ1) is 19.5. The van der Waals surface area contributed by atoms with E-state index in [1.165, 1.54) is 22.3 Å². The summed E-state index contributed by atoms with van der Waals surface area (Å²) in [4.78, 5) is 10.9. The molecule has 2 aliphatic rings. The summed E-state index contributed by atoms with van der Waals surface area (Å²) < 4.78 is 6.38. The van der Waals surface area contributed by atoms with Crippen LogP contribution in [0.5, 0.6) is 0 Å². The van der Waals surface area contributed by atoms with Gasteiger partial charge in [-0.15, -0.1) is 0 Å². The molecule has 2 fully saturated rings. The highest BCUT2D eigenvalue weighted by atomic mass is 16.5. The van der Waals surface area contributed by atoms with Crippen LogP contribution in [0.4, 0.5) is 0 Å². The molecular formula is C36H40O4. The van der Waals surface area contributed by atoms with Crippen LogP contribution in [0.2, 0.25) is 0 Å². The van der Waals surface area contributed by atoms with E-state index in [2.05, 4.69) is 78.9 Å². The summed E-state index contributed by atoms with van der Waals surface area (Å²) in [5, 5.41) is 19.7. The van der Waals surface area contributed by atoms with Crippen LogP contribution in [0, 0.1) is 11.8 Å². The second-order valence-electron chi connectivity index (χ2n) is 11.3. The summed E-state index contributed by atoms with van der Waals surface area (Å²) in [5.74, 6) is -0.174. The lowest BCUT2D eigenvalue weighted by atomic mass is 9.69. The number of carboxylic acid groups (broad SMARTS) is 1. The number of aryl methyl sites for hydroxylation is 1. The average Bonchev–Trinajstić information content (AvgIpc) is 3.56. The van der Waals surface area contributed by atoms with Crippen LogP contribution in [0.15, 0.2) is 109 Å². The maximum Gasteiger partial charge on any atom is 0.303 e. The summed E-state index contributed by atoms with van der Waals surface area (Å²) in [6.45, 7) is 0.709. The molecule has 1 aliphatic heterocycles. The number of aliphatic carboxylic acids is 1. The molecule has 4 nitrogen and oxygen atoms in total. The molecule has 2 bridgehead atoms. The van der Waals surface area contributed by atoms with E-state index in [1.54, 1.807) is 0 Å². The molecule has 0 amide bonds. The quantitative estimate of drug-likeness (QED) is 0.177. The van der Waals surface area contributed by atoms with Crippen molar-refractivity contribution < 1.29 is 19.7 Å². The molecule has 0 unspecified atom stereocenters. The van der Waals surface area contributed by atoms with Gasteiger partial charge in [0.25, 0.3) is 0 Å². The molecule has 208 valence electrons. The molecule has 4 heteroatoms. The van der Waals surface area contributed by atoms with Crippen LogP contribution in [-0.2, 0) is 21.4 Å². The SMILES string of the molecule is O=C(O)CCC/C=C\C[C@H]1[C@H](/C=C/[C@H](O)CCc2ccccc2)[C@@H]2C[C@@]1(c1ccc(-c3ccccc3)cc1)CO2. The summed E-state index contributed by atoms with van der Waals surface area (Å²) in [5.41, 5.74) is 4.91. The van der Waals surface area contributed by atoms with Gasteiger partial charge in [0.15, 0.2) is 0 Å². The number of aliphatic hydroxyl groups excluding tert-OH is 1. The number of hydrogen-bond donors (Lipinski definition) is 2. The van der Waals surface area contributed by atoms with E-state index in [4.69, 9.17) is 9.84 Å². The third-order valence-corrected chi connectivity index (χ3v) is 8.74. The van der Waals surface area contributed by atoms with Crippen LogP contribution in [0.1, 0.15) is 49.7 Å². The first-order valence-corrected chi connectivity index (χ1v) is 14.6. The highest BCUT2D eigenvalue weighted by Gasteiger charge is 2.58. The van der Waals surface area contributed by atoms with E-state index in [-0.39, 0.29) is 23.9 Å². The summed E-state index contributed by atoms with van der Waals surface area (Å²) in [6.07, 6.45) is 13.3. The van der Waals surface area contributed by atoms with Crippen LogP contribution in [0.25, 0.3) is 11.1 Å². The third-order valence-electron chi connectivity index (χ3n) is 8.74. The number of fused-ring (bicyclic) bond motifs is 2. The van der Waals surface area contributed by atoms with E-state index in [1.807, 2.05) is 30.3 Å². The Labute approximate surface area is 238 Å². The fourth-order valence-corrected chi connectivity index (χ4v) is 6.59. The van der Waals surface area contributed by atoms with Gasteiger partial charge in [0.2, 0.25) is 0 Å². The lowest BCUT2D eigenvalue weighted by Crippen LogP contribution is -2.39. The average molecular weight is 537 g/mol. The molecule has 40 heavy (non-hydrogen) atoms. The van der Waals surface area contributed by atoms with Crippen molar-refractivity contribution in [3.8, 4) is 11.1 Å². The molecule has 2 N–H and O–H groups in total. The Morgan fingerprint density at radius 2 is 1.65 bits per heavy atom. The number of aliphatic hydroxyl groups is 1. The van der Waals surface area contributed by atoms with Crippen molar-refractivity contribution in [2.24, 2.45) is 11.8 Å². The van der Waals surface area contributed by atoms with E-state index in [9.17, 15) is 9.90 Å². The van der Waals surface area contributed by atoms with Crippen LogP contribution < -0.4 is 0 Å². The standard InChI is InChI=1S/C36H40O4/c37-31(22-17-27-11-5-3-6-12-27)23-24-32-33(15-9-1-2-10-16-35(38)39)36(25-34(32)40-26-36)30-20-18-29(19-21-30)28-13-7-4-8-14-28/h1,3-9,11-14,18-21,23-24,31-34,37H,2,10,15-17,22,25-26H2,(H,38,39)/b9-1-,24-23+/t31-,32+,33+,34+,36+/m1/s1. The lowest BCUT2D eigenvalue weighted by molar-refractivity contribution is -0.137. The number of carbonyl (C=O) groups is 1. The van der Waals surface area contributed by atoms with Crippen molar-refractivity contribution in [1.82, 2.24) is 0 Å². The summed E-state index contributed by atoms with van der Waals surface area (Å²) >= 11 is 0. The molecule has 5 rings (SSSR count). The van der Waals surface area contributed by atoms with Gasteiger partial charge in [-0.1, -0.05) is 109 Å². The molecule has 5 atom stereocenters. The van der Waals surface area contributed by atoms with Crippen LogP contribution >= 0.6 is 0 Å². The number of allylic oxidation sites excluding steroid dienone is 2. The van der Waals surface area contributed by atoms with Gasteiger partial charge in [0.1, 0.15) is 0 Å². The Kier molecular flexibility index (Phi) is 9.30. The Morgan fingerprint density at radius 3 is 2.38 bits per heavy atom. The van der Waals surface area contributed by atoms with Gasteiger partial charge in [-0.05, 0) is 66.7 Å². The first kappa shape index (κ1) is 28.1. The molecule has 1 saturated carbocycles. The zero-order valence-electron chi connectivity index (χ0n) is 23.1. The minimum Gasteiger partial charge on any atom is -0.481 e. The maximum absolute atomic E-state index is 10.9. The minimum atomic E-state index is -0.743. The van der Waals surface area contributed by atoms with Gasteiger partial charge in [-0.2, -0.15) is 0 Å². The second kappa shape index (κ2) is 13.3. The Balaban J connectivity index is 1.32. The lowest BCUT2D eigenvalue weighted by Gasteiger charge is -2.38. The molecule has 1 aliphatic carbocycles. The van der Waals surface area contributed by atoms with Gasteiger partial charge >= 0.3 is 5.97 Å². The Hall–Kier alpha value is -3.47. The van der Waals surface area contributed by atoms with Crippen molar-refractivity contribution in [1.29, 1.82) is 0 Å². The Bertz CT molecular complexity index is 1280. The number of rotatable bonds is 13. The number of benzene rings is 3. The normalized spacial score (nSPS) is 24.7. The summed E-state index contributed by atoms with van der Waals surface area (Å²) in [6, 6.07) is 29.7. The zero-order valence-corrected chi connectivity index (χ0v) is 23.1. The topological polar surface area (TPSA) is 66.8 Å². The second-order valence-corrected chi connectivity index (χ2v) is 11.3. The predicted octanol–water partition coefficient (Wildman–Crippen LogP) is 7.38. The number of hydrogen-bond acceptors (Lipinski definition) is 3. The smallest absolute Gasteiger partial charge is 0.303 e. The molecule has 0 spiro atoms. The van der Waals surface area contributed by atoms with Crippen LogP contribution in [0.3, 0.4) is 0 Å². The van der Waals surface area contributed by atoms with E-state index < -0.39 is 12.1 Å². The van der Waals surface area contributed by atoms with E-state index in [0.717, 1.165) is 25.7 Å². The van der Waals surface area contributed by atoms with Crippen molar-refractivity contribution in [3.05, 3.63) is 120 Å². The van der Waals surface area contributed by atoms with Gasteiger partial charge in [-0.3, -0.25) is 4.79 Å². The molecule has 0 radical (unpaired) electrons. The molecule has 1 heterocycles. The van der Waals surface area contributed by atoms with Gasteiger partial charge in [0.05, 0.1) is 18.8 Å². The van der Waals surface area contributed by atoms with Crippen molar-refractivity contribution in [2.75, 3.05) is 6.61 Å². The fourth-order valence-electron chi connectivity index (χ4n) is 6.59. The molecular weight excluding hydrogens is 496 g/mol. The largest absolute Gasteiger partial charge is 0.481 e. The predicted molar refractivity (Wildman–Crippen MR) is 160 cm³/mol. The zero-order chi connectivity index (χ0) is 27.8. The fraction of sp³-hybridized carbons (Fsp3) is 0.361. The van der Waals surface area contributed by atoms with Crippen molar-refractivity contribution in [3.63, 3.8) is 0 Å². The molecule has 0 aromatic heterocycles. The molecule has 3 aromatic rings. The van der Waals surface area contributed by atoms with Crippen LogP contribution in [-0.4, -0.2) is 35.0 Å².